The fourth-order valence-corrected chi connectivity index (χ4v) is 5.05. The molecule has 2 heterocycles. The highest BCUT2D eigenvalue weighted by Gasteiger charge is 2.42. The van der Waals surface area contributed by atoms with Crippen LogP contribution in [0.25, 0.3) is 0 Å². The number of guanidine groups is 1. The first-order chi connectivity index (χ1) is 16.1. The Hall–Kier alpha value is -2.68. The van der Waals surface area contributed by atoms with Crippen molar-refractivity contribution in [3.63, 3.8) is 0 Å². The van der Waals surface area contributed by atoms with E-state index in [-0.39, 0.29) is 51.7 Å². The molecule has 2 aliphatic rings. The topological polar surface area (TPSA) is 97.0 Å². The minimum Gasteiger partial charge on any atom is -0.378 e. The summed E-state index contributed by atoms with van der Waals surface area (Å²) < 4.78 is 19.8. The number of aliphatic imine (C=N–C) groups is 1. The van der Waals surface area contributed by atoms with Gasteiger partial charge in [-0.05, 0) is 51.0 Å². The van der Waals surface area contributed by atoms with Crippen molar-refractivity contribution < 1.29 is 18.7 Å². The van der Waals surface area contributed by atoms with Crippen LogP contribution in [0.4, 0.5) is 10.1 Å². The summed E-state index contributed by atoms with van der Waals surface area (Å²) in [5, 5.41) is 3.01. The number of nitrogens with two attached hydrogens (primary N) is 1. The van der Waals surface area contributed by atoms with Crippen LogP contribution < -0.4 is 11.1 Å². The van der Waals surface area contributed by atoms with E-state index in [4.69, 9.17) is 33.7 Å². The summed E-state index contributed by atoms with van der Waals surface area (Å²) >= 11 is 12.4. The molecule has 0 bridgehead atoms. The van der Waals surface area contributed by atoms with Gasteiger partial charge in [-0.1, -0.05) is 35.3 Å². The van der Waals surface area contributed by atoms with E-state index in [1.807, 2.05) is 6.92 Å². The smallest absolute Gasteiger partial charge is 0.258 e. The van der Waals surface area contributed by atoms with Gasteiger partial charge in [-0.3, -0.25) is 14.5 Å². The molecule has 0 aromatic heterocycles. The normalized spacial score (nSPS) is 25.1. The van der Waals surface area contributed by atoms with E-state index in [2.05, 4.69) is 10.3 Å². The predicted molar refractivity (Wildman–Crippen MR) is 130 cm³/mol. The van der Waals surface area contributed by atoms with Gasteiger partial charge in [0.25, 0.3) is 5.91 Å². The van der Waals surface area contributed by atoms with Crippen LogP contribution in [0.15, 0.2) is 41.4 Å². The minimum absolute atomic E-state index is 0.0351. The molecule has 10 heteroatoms. The number of amides is 2. The van der Waals surface area contributed by atoms with Gasteiger partial charge in [0.15, 0.2) is 5.96 Å². The van der Waals surface area contributed by atoms with Gasteiger partial charge in [0.1, 0.15) is 5.82 Å². The maximum absolute atomic E-state index is 14.2. The van der Waals surface area contributed by atoms with Crippen LogP contribution in [0, 0.1) is 5.82 Å². The summed E-state index contributed by atoms with van der Waals surface area (Å²) in [6, 6.07) is 8.72. The van der Waals surface area contributed by atoms with Crippen molar-refractivity contribution in [2.75, 3.05) is 11.9 Å². The van der Waals surface area contributed by atoms with Crippen molar-refractivity contribution in [1.82, 2.24) is 4.90 Å². The molecule has 2 aromatic rings. The highest BCUT2D eigenvalue weighted by Crippen LogP contribution is 2.41. The van der Waals surface area contributed by atoms with Gasteiger partial charge in [0.05, 0.1) is 34.3 Å². The van der Waals surface area contributed by atoms with Gasteiger partial charge in [-0.25, -0.2) is 9.38 Å². The van der Waals surface area contributed by atoms with Gasteiger partial charge >= 0.3 is 0 Å². The second-order valence-electron chi connectivity index (χ2n) is 8.79. The Labute approximate surface area is 207 Å². The zero-order chi connectivity index (χ0) is 24.6. The SMILES string of the molecule is C[C@@H]1C[C@H](N2C(=O)C[C@@](C)(c3cccc(NC(=O)c4ccc(Cl)cc4F)c3Cl)N=C2N)CCO1. The summed E-state index contributed by atoms with van der Waals surface area (Å²) in [5.74, 6) is -1.45. The van der Waals surface area contributed by atoms with Crippen molar-refractivity contribution in [2.45, 2.75) is 50.8 Å². The molecule has 3 N–H and O–H groups in total. The lowest BCUT2D eigenvalue weighted by Gasteiger charge is -2.41. The second kappa shape index (κ2) is 9.52. The Morgan fingerprint density at radius 1 is 1.32 bits per heavy atom. The number of carbonyl (C=O) groups excluding carboxylic acids is 2. The summed E-state index contributed by atoms with van der Waals surface area (Å²) in [7, 11) is 0. The first kappa shape index (κ1) is 24.4. The Balaban J connectivity index is 1.61. The standard InChI is InChI=1S/C24H25Cl2FN4O3/c1-13-10-15(8-9-34-13)31-20(32)12-24(2,30-23(31)28)17-4-3-5-19(21(17)26)29-22(33)16-7-6-14(25)11-18(16)27/h3-7,11,13,15H,8-10,12H2,1-2H3,(H2,28,30)(H,29,33)/t13-,15-,24+/m1/s1. The Morgan fingerprint density at radius 3 is 2.76 bits per heavy atom. The summed E-state index contributed by atoms with van der Waals surface area (Å²) in [5.41, 5.74) is 5.87. The quantitative estimate of drug-likeness (QED) is 0.626. The number of rotatable bonds is 4. The molecule has 7 nitrogen and oxygen atoms in total. The minimum atomic E-state index is -1.03. The molecule has 2 aromatic carbocycles. The van der Waals surface area contributed by atoms with Crippen LogP contribution in [0.3, 0.4) is 0 Å². The fourth-order valence-electron chi connectivity index (χ4n) is 4.52. The Bertz CT molecular complexity index is 1170. The average Bonchev–Trinajstić information content (AvgIpc) is 2.74. The van der Waals surface area contributed by atoms with Crippen molar-refractivity contribution in [3.05, 3.63) is 63.4 Å². The zero-order valence-corrected chi connectivity index (χ0v) is 20.3. The number of carbonyl (C=O) groups is 2. The maximum atomic E-state index is 14.2. The van der Waals surface area contributed by atoms with E-state index >= 15 is 0 Å². The zero-order valence-electron chi connectivity index (χ0n) is 18.8. The molecule has 0 saturated carbocycles. The Morgan fingerprint density at radius 2 is 2.09 bits per heavy atom. The van der Waals surface area contributed by atoms with Crippen LogP contribution in [-0.2, 0) is 15.1 Å². The van der Waals surface area contributed by atoms with E-state index in [0.29, 0.717) is 25.0 Å². The number of benzene rings is 2. The maximum Gasteiger partial charge on any atom is 0.258 e. The first-order valence-electron chi connectivity index (χ1n) is 10.9. The lowest BCUT2D eigenvalue weighted by Crippen LogP contribution is -2.56. The highest BCUT2D eigenvalue weighted by molar-refractivity contribution is 6.35. The van der Waals surface area contributed by atoms with E-state index < -0.39 is 17.3 Å². The molecule has 4 rings (SSSR count). The molecule has 2 aliphatic heterocycles. The van der Waals surface area contributed by atoms with Gasteiger partial charge < -0.3 is 15.8 Å². The van der Waals surface area contributed by atoms with Crippen LogP contribution >= 0.6 is 23.2 Å². The molecular formula is C24H25Cl2FN4O3. The van der Waals surface area contributed by atoms with Crippen molar-refractivity contribution in [1.29, 1.82) is 0 Å². The monoisotopic (exact) mass is 506 g/mol. The molecule has 0 radical (unpaired) electrons. The molecule has 180 valence electrons. The number of hydrogen-bond donors (Lipinski definition) is 2. The molecule has 0 aliphatic carbocycles. The van der Waals surface area contributed by atoms with E-state index in [1.54, 1.807) is 30.0 Å². The van der Waals surface area contributed by atoms with Crippen molar-refractivity contribution in [2.24, 2.45) is 10.7 Å². The highest BCUT2D eigenvalue weighted by atomic mass is 35.5. The molecule has 0 unspecified atom stereocenters. The first-order valence-corrected chi connectivity index (χ1v) is 11.7. The third-order valence-electron chi connectivity index (χ3n) is 6.20. The summed E-state index contributed by atoms with van der Waals surface area (Å²) in [6.45, 7) is 4.29. The average molecular weight is 507 g/mol. The number of nitrogens with zero attached hydrogens (tertiary/aromatic N) is 2. The lowest BCUT2D eigenvalue weighted by atomic mass is 9.86. The van der Waals surface area contributed by atoms with Gasteiger partial charge in [0, 0.05) is 23.2 Å². The second-order valence-corrected chi connectivity index (χ2v) is 9.60. The van der Waals surface area contributed by atoms with Crippen molar-refractivity contribution >= 4 is 46.7 Å². The fraction of sp³-hybridized carbons (Fsp3) is 0.375. The van der Waals surface area contributed by atoms with E-state index in [9.17, 15) is 14.0 Å². The van der Waals surface area contributed by atoms with Crippen LogP contribution in [0.1, 0.15) is 49.0 Å². The molecule has 1 saturated heterocycles. The van der Waals surface area contributed by atoms with Crippen LogP contribution in [0.2, 0.25) is 10.0 Å². The van der Waals surface area contributed by atoms with E-state index in [1.165, 1.54) is 12.1 Å². The summed E-state index contributed by atoms with van der Waals surface area (Å²) in [4.78, 5) is 32.1. The largest absolute Gasteiger partial charge is 0.378 e. The van der Waals surface area contributed by atoms with Crippen LogP contribution in [-0.4, -0.2) is 41.4 Å². The van der Waals surface area contributed by atoms with E-state index in [0.717, 1.165) is 6.07 Å². The molecule has 3 atom stereocenters. The number of nitrogens with one attached hydrogen (secondary N) is 1. The molecule has 2 amide bonds. The molecule has 34 heavy (non-hydrogen) atoms. The molecule has 1 fully saturated rings. The van der Waals surface area contributed by atoms with Gasteiger partial charge in [-0.2, -0.15) is 0 Å². The number of ether oxygens (including phenoxy) is 1. The molecular weight excluding hydrogens is 482 g/mol. The number of hydrogen-bond acceptors (Lipinski definition) is 5. The number of halogens is 3. The van der Waals surface area contributed by atoms with Gasteiger partial charge in [-0.15, -0.1) is 0 Å². The summed E-state index contributed by atoms with van der Waals surface area (Å²) in [6.07, 6.45) is 1.46. The third kappa shape index (κ3) is 4.76. The molecule has 0 spiro atoms. The lowest BCUT2D eigenvalue weighted by molar-refractivity contribution is -0.133. The van der Waals surface area contributed by atoms with Crippen molar-refractivity contribution in [3.8, 4) is 0 Å². The van der Waals surface area contributed by atoms with Crippen LogP contribution in [0.5, 0.6) is 0 Å². The predicted octanol–water partition coefficient (Wildman–Crippen LogP) is 4.71. The third-order valence-corrected chi connectivity index (χ3v) is 6.84. The Kier molecular flexibility index (Phi) is 6.85. The number of anilines is 1. The van der Waals surface area contributed by atoms with Gasteiger partial charge in [0.2, 0.25) is 5.91 Å².